The molecule has 510 valence electrons. The van der Waals surface area contributed by atoms with E-state index in [4.69, 9.17) is 37.0 Å². The fourth-order valence-corrected chi connectivity index (χ4v) is 11.4. The number of carbonyl (C=O) groups is 4. The lowest BCUT2D eigenvalue weighted by molar-refractivity contribution is -0.161. The Bertz CT molecular complexity index is 1720. The van der Waals surface area contributed by atoms with Crippen LogP contribution in [0.1, 0.15) is 325 Å². The smallest absolute Gasteiger partial charge is 0.462 e. The number of esters is 4. The molecule has 0 aliphatic rings. The van der Waals surface area contributed by atoms with Crippen LogP contribution in [0.3, 0.4) is 0 Å². The summed E-state index contributed by atoms with van der Waals surface area (Å²) in [6, 6.07) is 0. The van der Waals surface area contributed by atoms with E-state index in [1.54, 1.807) is 0 Å². The van der Waals surface area contributed by atoms with Gasteiger partial charge in [0.05, 0.1) is 26.4 Å². The number of rotatable bonds is 64. The normalized spacial score (nSPS) is 15.3. The average molecular weight is 1270 g/mol. The Morgan fingerprint density at radius 2 is 0.558 bits per heavy atom. The number of unbranched alkanes of at least 4 members (excludes halogenated alkanes) is 27. The van der Waals surface area contributed by atoms with Gasteiger partial charge in [-0.1, -0.05) is 274 Å². The molecule has 0 amide bonds. The van der Waals surface area contributed by atoms with Gasteiger partial charge >= 0.3 is 39.5 Å². The van der Waals surface area contributed by atoms with Crippen LogP contribution in [0.5, 0.6) is 0 Å². The van der Waals surface area contributed by atoms with E-state index in [2.05, 4.69) is 55.4 Å². The molecule has 0 aromatic rings. The second kappa shape index (κ2) is 57.0. The van der Waals surface area contributed by atoms with Crippen LogP contribution < -0.4 is 0 Å². The molecule has 0 aromatic carbocycles. The molecule has 17 nitrogen and oxygen atoms in total. The summed E-state index contributed by atoms with van der Waals surface area (Å²) in [7, 11) is -9.90. The Morgan fingerprint density at radius 3 is 0.826 bits per heavy atom. The minimum absolute atomic E-state index is 0.104. The van der Waals surface area contributed by atoms with Crippen molar-refractivity contribution in [2.24, 2.45) is 23.7 Å². The van der Waals surface area contributed by atoms with Gasteiger partial charge in [-0.3, -0.25) is 37.3 Å². The molecule has 0 saturated carbocycles. The summed E-state index contributed by atoms with van der Waals surface area (Å²) in [5.74, 6) is 0.865. The first-order valence-corrected chi connectivity index (χ1v) is 37.8. The van der Waals surface area contributed by atoms with E-state index in [-0.39, 0.29) is 25.7 Å². The van der Waals surface area contributed by atoms with Crippen molar-refractivity contribution in [1.29, 1.82) is 0 Å². The van der Waals surface area contributed by atoms with Gasteiger partial charge in [-0.15, -0.1) is 0 Å². The maximum atomic E-state index is 13.0. The highest BCUT2D eigenvalue weighted by molar-refractivity contribution is 7.47. The quantitative estimate of drug-likeness (QED) is 0.0222. The lowest BCUT2D eigenvalue weighted by Crippen LogP contribution is -2.30. The van der Waals surface area contributed by atoms with Crippen LogP contribution >= 0.6 is 15.6 Å². The van der Waals surface area contributed by atoms with Gasteiger partial charge in [0.25, 0.3) is 0 Å². The van der Waals surface area contributed by atoms with Gasteiger partial charge in [-0.05, 0) is 49.4 Å². The Balaban J connectivity index is 5.27. The molecule has 0 aliphatic heterocycles. The number of aliphatic hydroxyl groups excluding tert-OH is 1. The topological polar surface area (TPSA) is 237 Å². The maximum Gasteiger partial charge on any atom is 0.472 e. The minimum Gasteiger partial charge on any atom is -0.462 e. The zero-order valence-corrected chi connectivity index (χ0v) is 57.7. The van der Waals surface area contributed by atoms with Gasteiger partial charge in [0.1, 0.15) is 19.3 Å². The molecular formula is C67H130O17P2. The summed E-state index contributed by atoms with van der Waals surface area (Å²) in [5, 5.41) is 10.6. The van der Waals surface area contributed by atoms with Crippen molar-refractivity contribution in [3.05, 3.63) is 0 Å². The van der Waals surface area contributed by atoms with Crippen molar-refractivity contribution in [1.82, 2.24) is 0 Å². The fraction of sp³-hybridized carbons (Fsp3) is 0.940. The van der Waals surface area contributed by atoms with Crippen molar-refractivity contribution < 1.29 is 80.2 Å². The van der Waals surface area contributed by atoms with Crippen LogP contribution in [0.4, 0.5) is 0 Å². The lowest BCUT2D eigenvalue weighted by atomic mass is 9.99. The molecule has 3 N–H and O–H groups in total. The van der Waals surface area contributed by atoms with Crippen LogP contribution in [-0.4, -0.2) is 96.7 Å². The van der Waals surface area contributed by atoms with Crippen molar-refractivity contribution in [2.45, 2.75) is 343 Å². The highest BCUT2D eigenvalue weighted by atomic mass is 31.2. The third-order valence-corrected chi connectivity index (χ3v) is 18.3. The zero-order chi connectivity index (χ0) is 63.9. The zero-order valence-electron chi connectivity index (χ0n) is 55.9. The Hall–Kier alpha value is -1.94. The Morgan fingerprint density at radius 1 is 0.326 bits per heavy atom. The number of aliphatic hydroxyl groups is 1. The molecule has 0 rings (SSSR count). The van der Waals surface area contributed by atoms with Gasteiger partial charge < -0.3 is 33.8 Å². The van der Waals surface area contributed by atoms with Gasteiger partial charge in [0.2, 0.25) is 0 Å². The number of hydrogen-bond acceptors (Lipinski definition) is 15. The second-order valence-electron chi connectivity index (χ2n) is 25.4. The van der Waals surface area contributed by atoms with E-state index in [1.807, 2.05) is 0 Å². The number of phosphoric acid groups is 2. The molecule has 0 aromatic heterocycles. The first kappa shape index (κ1) is 84.1. The van der Waals surface area contributed by atoms with Gasteiger partial charge in [0.15, 0.2) is 12.2 Å². The van der Waals surface area contributed by atoms with E-state index >= 15 is 0 Å². The first-order chi connectivity index (χ1) is 41.2. The monoisotopic (exact) mass is 1270 g/mol. The summed E-state index contributed by atoms with van der Waals surface area (Å²) >= 11 is 0. The molecule has 0 spiro atoms. The molecule has 0 saturated heterocycles. The maximum absolute atomic E-state index is 13.0. The van der Waals surface area contributed by atoms with Crippen molar-refractivity contribution in [3.8, 4) is 0 Å². The van der Waals surface area contributed by atoms with Gasteiger partial charge in [-0.25, -0.2) is 9.13 Å². The summed E-state index contributed by atoms with van der Waals surface area (Å²) in [5.41, 5.74) is 0. The van der Waals surface area contributed by atoms with E-state index in [0.717, 1.165) is 126 Å². The SMILES string of the molecule is CCC(C)CCCCCCCCCCCCC(=O)O[C@H](COC(=O)CCCCCCCCC(C)CC)COP(=O)(O)OC[C@H](O)COP(=O)(O)OC[C@@H](COC(=O)CCCCCCCCC(C)CC)OC(=O)CCCCCCCCCCCC(C)C. The molecule has 0 bridgehead atoms. The molecule has 8 atom stereocenters. The van der Waals surface area contributed by atoms with Crippen LogP contribution in [0.25, 0.3) is 0 Å². The van der Waals surface area contributed by atoms with Crippen LogP contribution in [0.15, 0.2) is 0 Å². The second-order valence-corrected chi connectivity index (χ2v) is 28.3. The summed E-state index contributed by atoms with van der Waals surface area (Å²) in [4.78, 5) is 72.4. The summed E-state index contributed by atoms with van der Waals surface area (Å²) < 4.78 is 68.1. The molecule has 0 fully saturated rings. The van der Waals surface area contributed by atoms with E-state index in [9.17, 15) is 43.2 Å². The van der Waals surface area contributed by atoms with Crippen LogP contribution in [0, 0.1) is 23.7 Å². The standard InChI is InChI=1S/C67H130O17P2/c1-9-58(6)44-36-28-20-16-12-13-17-21-33-41-49-66(71)83-62(53-77-64(69)47-39-31-25-23-29-37-45-59(7)10-2)55-81-85(73,74)79-51-61(68)52-80-86(75,76)82-56-63(54-78-65(70)48-40-32-26-24-30-38-46-60(8)11-3)84-67(72)50-42-34-22-18-14-15-19-27-35-43-57(4)5/h57-63,68H,9-56H2,1-8H3,(H,73,74)(H,75,76)/t58?,59?,60?,61-,62+,63+/m0/s1. The van der Waals surface area contributed by atoms with Gasteiger partial charge in [0, 0.05) is 25.7 Å². The fourth-order valence-electron chi connectivity index (χ4n) is 9.86. The van der Waals surface area contributed by atoms with Crippen LogP contribution in [-0.2, 0) is 65.4 Å². The Kier molecular flexibility index (Phi) is 55.7. The van der Waals surface area contributed by atoms with E-state index in [0.29, 0.717) is 25.7 Å². The highest BCUT2D eigenvalue weighted by Crippen LogP contribution is 2.45. The van der Waals surface area contributed by atoms with Crippen molar-refractivity contribution >= 4 is 39.5 Å². The number of hydrogen-bond donors (Lipinski definition) is 3. The molecule has 0 heterocycles. The van der Waals surface area contributed by atoms with E-state index < -0.39 is 97.5 Å². The average Bonchev–Trinajstić information content (AvgIpc) is 3.70. The predicted octanol–water partition coefficient (Wildman–Crippen LogP) is 18.5. The Labute approximate surface area is 524 Å². The van der Waals surface area contributed by atoms with Crippen molar-refractivity contribution in [3.63, 3.8) is 0 Å². The minimum atomic E-state index is -4.95. The predicted molar refractivity (Wildman–Crippen MR) is 344 cm³/mol. The van der Waals surface area contributed by atoms with Crippen molar-refractivity contribution in [2.75, 3.05) is 39.6 Å². The largest absolute Gasteiger partial charge is 0.472 e. The third-order valence-electron chi connectivity index (χ3n) is 16.4. The van der Waals surface area contributed by atoms with E-state index in [1.165, 1.54) is 116 Å². The summed E-state index contributed by atoms with van der Waals surface area (Å²) in [6.07, 6.45) is 37.5. The molecule has 19 heteroatoms. The summed E-state index contributed by atoms with van der Waals surface area (Å²) in [6.45, 7) is 14.0. The lowest BCUT2D eigenvalue weighted by Gasteiger charge is -2.21. The molecule has 0 aliphatic carbocycles. The number of carbonyl (C=O) groups excluding carboxylic acids is 4. The molecule has 0 radical (unpaired) electrons. The molecular weight excluding hydrogens is 1140 g/mol. The van der Waals surface area contributed by atoms with Gasteiger partial charge in [-0.2, -0.15) is 0 Å². The molecule has 5 unspecified atom stereocenters. The highest BCUT2D eigenvalue weighted by Gasteiger charge is 2.30. The number of phosphoric ester groups is 2. The third kappa shape index (κ3) is 57.2. The molecule has 86 heavy (non-hydrogen) atoms. The number of ether oxygens (including phenoxy) is 4. The first-order valence-electron chi connectivity index (χ1n) is 34.8. The van der Waals surface area contributed by atoms with Crippen LogP contribution in [0.2, 0.25) is 0 Å².